The summed E-state index contributed by atoms with van der Waals surface area (Å²) < 4.78 is 8.31. The Labute approximate surface area is 177 Å². The lowest BCUT2D eigenvalue weighted by atomic mass is 10.1. The van der Waals surface area contributed by atoms with Crippen molar-refractivity contribution in [2.75, 3.05) is 11.9 Å². The van der Waals surface area contributed by atoms with Gasteiger partial charge in [0.1, 0.15) is 17.8 Å². The topological polar surface area (TPSA) is 77.6 Å². The number of nitrogens with one attached hydrogen (secondary N) is 1. The van der Waals surface area contributed by atoms with Crippen LogP contribution in [0.25, 0.3) is 16.8 Å². The van der Waals surface area contributed by atoms with Crippen molar-refractivity contribution in [1.29, 1.82) is 0 Å². The predicted octanol–water partition coefficient (Wildman–Crippen LogP) is 3.85. The molecule has 0 aliphatic rings. The highest BCUT2D eigenvalue weighted by Gasteiger charge is 2.12. The molecule has 0 saturated heterocycles. The van der Waals surface area contributed by atoms with Crippen LogP contribution in [0.2, 0.25) is 5.02 Å². The highest BCUT2D eigenvalue weighted by atomic mass is 35.5. The molecule has 7 nitrogen and oxygen atoms in total. The van der Waals surface area contributed by atoms with E-state index < -0.39 is 0 Å². The molecule has 8 heteroatoms. The Kier molecular flexibility index (Phi) is 5.54. The molecule has 0 saturated carbocycles. The van der Waals surface area contributed by atoms with Crippen LogP contribution in [-0.2, 0) is 11.3 Å². The molecule has 0 radical (unpaired) electrons. The van der Waals surface area contributed by atoms with Gasteiger partial charge in [0, 0.05) is 28.7 Å². The number of aromatic nitrogens is 3. The van der Waals surface area contributed by atoms with Gasteiger partial charge >= 0.3 is 0 Å². The fourth-order valence-corrected chi connectivity index (χ4v) is 3.29. The first kappa shape index (κ1) is 19.7. The average Bonchev–Trinajstić information content (AvgIpc) is 3.16. The van der Waals surface area contributed by atoms with Crippen molar-refractivity contribution in [3.8, 4) is 17.0 Å². The van der Waals surface area contributed by atoms with E-state index in [1.165, 1.54) is 9.08 Å². The molecule has 0 unspecified atom stereocenters. The van der Waals surface area contributed by atoms with Gasteiger partial charge in [0.2, 0.25) is 5.91 Å². The van der Waals surface area contributed by atoms with Crippen molar-refractivity contribution < 1.29 is 9.53 Å². The van der Waals surface area contributed by atoms with Crippen LogP contribution in [0.3, 0.4) is 0 Å². The van der Waals surface area contributed by atoms with Crippen molar-refractivity contribution in [3.63, 3.8) is 0 Å². The molecule has 152 valence electrons. The molecule has 0 atom stereocenters. The van der Waals surface area contributed by atoms with E-state index >= 15 is 0 Å². The summed E-state index contributed by atoms with van der Waals surface area (Å²) in [6.07, 6.45) is 3.20. The molecule has 2 aromatic heterocycles. The SMILES string of the molecule is CCOc1ccc(-c2cc3c(=O)n(CC(=O)Nc4cccc(Cl)c4)ccn3n2)cc1. The molecule has 2 heterocycles. The standard InChI is InChI=1S/C22H19ClN4O3/c1-2-30-18-8-6-15(7-9-18)19-13-20-22(29)26(10-11-27(20)25-19)14-21(28)24-17-5-3-4-16(23)12-17/h3-13H,2,14H2,1H3,(H,24,28). The van der Waals surface area contributed by atoms with Crippen LogP contribution in [0, 0.1) is 0 Å². The normalized spacial score (nSPS) is 10.9. The molecule has 4 rings (SSSR count). The number of hydrogen-bond acceptors (Lipinski definition) is 4. The van der Waals surface area contributed by atoms with Gasteiger partial charge in [-0.25, -0.2) is 4.52 Å². The third kappa shape index (κ3) is 4.21. The summed E-state index contributed by atoms with van der Waals surface area (Å²) in [5.74, 6) is 0.452. The van der Waals surface area contributed by atoms with E-state index in [9.17, 15) is 9.59 Å². The van der Waals surface area contributed by atoms with Crippen molar-refractivity contribution >= 4 is 28.7 Å². The lowest BCUT2D eigenvalue weighted by Crippen LogP contribution is -2.28. The van der Waals surface area contributed by atoms with Gasteiger partial charge in [-0.1, -0.05) is 17.7 Å². The second-order valence-corrected chi connectivity index (χ2v) is 7.04. The fourth-order valence-electron chi connectivity index (χ4n) is 3.10. The summed E-state index contributed by atoms with van der Waals surface area (Å²) in [6, 6.07) is 16.1. The number of benzene rings is 2. The fraction of sp³-hybridized carbons (Fsp3) is 0.136. The molecule has 0 aliphatic carbocycles. The summed E-state index contributed by atoms with van der Waals surface area (Å²) in [5, 5.41) is 7.72. The predicted molar refractivity (Wildman–Crippen MR) is 116 cm³/mol. The maximum absolute atomic E-state index is 12.8. The lowest BCUT2D eigenvalue weighted by Gasteiger charge is -2.08. The van der Waals surface area contributed by atoms with Crippen LogP contribution in [0.4, 0.5) is 5.69 Å². The molecule has 0 bridgehead atoms. The van der Waals surface area contributed by atoms with E-state index in [4.69, 9.17) is 16.3 Å². The second-order valence-electron chi connectivity index (χ2n) is 6.61. The minimum atomic E-state index is -0.324. The molecule has 0 spiro atoms. The number of anilines is 1. The molecular formula is C22H19ClN4O3. The van der Waals surface area contributed by atoms with E-state index in [2.05, 4.69) is 10.4 Å². The van der Waals surface area contributed by atoms with Crippen LogP contribution in [0.15, 0.2) is 71.8 Å². The van der Waals surface area contributed by atoms with E-state index in [1.54, 1.807) is 42.7 Å². The third-order valence-corrected chi connectivity index (χ3v) is 4.72. The Morgan fingerprint density at radius 3 is 2.67 bits per heavy atom. The Morgan fingerprint density at radius 2 is 1.93 bits per heavy atom. The average molecular weight is 423 g/mol. The molecular weight excluding hydrogens is 404 g/mol. The van der Waals surface area contributed by atoms with Crippen LogP contribution in [-0.4, -0.2) is 26.7 Å². The first-order valence-electron chi connectivity index (χ1n) is 9.41. The molecule has 0 fully saturated rings. The van der Waals surface area contributed by atoms with E-state index in [0.29, 0.717) is 28.5 Å². The zero-order valence-corrected chi connectivity index (χ0v) is 17.0. The maximum Gasteiger partial charge on any atom is 0.277 e. The molecule has 1 N–H and O–H groups in total. The van der Waals surface area contributed by atoms with Crippen molar-refractivity contribution in [2.45, 2.75) is 13.5 Å². The van der Waals surface area contributed by atoms with Gasteiger partial charge in [0.25, 0.3) is 5.56 Å². The zero-order chi connectivity index (χ0) is 21.1. The highest BCUT2D eigenvalue weighted by Crippen LogP contribution is 2.22. The van der Waals surface area contributed by atoms with Gasteiger partial charge in [-0.2, -0.15) is 5.10 Å². The molecule has 4 aromatic rings. The summed E-state index contributed by atoms with van der Waals surface area (Å²) >= 11 is 5.93. The van der Waals surface area contributed by atoms with Crippen LogP contribution in [0.1, 0.15) is 6.92 Å². The minimum absolute atomic E-state index is 0.120. The quantitative estimate of drug-likeness (QED) is 0.512. The number of rotatable bonds is 6. The number of hydrogen-bond donors (Lipinski definition) is 1. The highest BCUT2D eigenvalue weighted by molar-refractivity contribution is 6.30. The van der Waals surface area contributed by atoms with Gasteiger partial charge < -0.3 is 14.6 Å². The van der Waals surface area contributed by atoms with Gasteiger partial charge in [-0.05, 0) is 55.5 Å². The van der Waals surface area contributed by atoms with Crippen LogP contribution >= 0.6 is 11.6 Å². The van der Waals surface area contributed by atoms with Gasteiger partial charge in [-0.3, -0.25) is 9.59 Å². The van der Waals surface area contributed by atoms with Gasteiger partial charge in [0.05, 0.1) is 12.3 Å². The van der Waals surface area contributed by atoms with E-state index in [1.807, 2.05) is 31.2 Å². The molecule has 1 amide bonds. The van der Waals surface area contributed by atoms with E-state index in [0.717, 1.165) is 11.3 Å². The van der Waals surface area contributed by atoms with Gasteiger partial charge in [-0.15, -0.1) is 0 Å². The number of ether oxygens (including phenoxy) is 1. The first-order valence-corrected chi connectivity index (χ1v) is 9.79. The zero-order valence-electron chi connectivity index (χ0n) is 16.2. The monoisotopic (exact) mass is 422 g/mol. The first-order chi connectivity index (χ1) is 14.5. The Morgan fingerprint density at radius 1 is 1.13 bits per heavy atom. The van der Waals surface area contributed by atoms with Crippen LogP contribution < -0.4 is 15.6 Å². The second kappa shape index (κ2) is 8.42. The van der Waals surface area contributed by atoms with Crippen LogP contribution in [0.5, 0.6) is 5.75 Å². The van der Waals surface area contributed by atoms with E-state index in [-0.39, 0.29) is 18.0 Å². The largest absolute Gasteiger partial charge is 0.494 e. The number of carbonyl (C=O) groups excluding carboxylic acids is 1. The molecule has 0 aliphatic heterocycles. The molecule has 30 heavy (non-hydrogen) atoms. The Bertz CT molecular complexity index is 1260. The number of halogens is 1. The number of nitrogens with zero attached hydrogens (tertiary/aromatic N) is 3. The summed E-state index contributed by atoms with van der Waals surface area (Å²) in [4.78, 5) is 25.2. The molecule has 2 aromatic carbocycles. The number of carbonyl (C=O) groups is 1. The Hall–Kier alpha value is -3.58. The summed E-state index contributed by atoms with van der Waals surface area (Å²) in [7, 11) is 0. The third-order valence-electron chi connectivity index (χ3n) is 4.49. The van der Waals surface area contributed by atoms with Gasteiger partial charge in [0.15, 0.2) is 0 Å². The van der Waals surface area contributed by atoms with Crippen molar-refractivity contribution in [1.82, 2.24) is 14.2 Å². The van der Waals surface area contributed by atoms with Crippen molar-refractivity contribution in [2.24, 2.45) is 0 Å². The minimum Gasteiger partial charge on any atom is -0.494 e. The maximum atomic E-state index is 12.8. The number of fused-ring (bicyclic) bond motifs is 1. The Balaban J connectivity index is 1.56. The van der Waals surface area contributed by atoms with Crippen molar-refractivity contribution in [3.05, 3.63) is 82.4 Å². The summed E-state index contributed by atoms with van der Waals surface area (Å²) in [5.41, 5.74) is 2.19. The lowest BCUT2D eigenvalue weighted by molar-refractivity contribution is -0.116. The number of amides is 1. The summed E-state index contributed by atoms with van der Waals surface area (Å²) in [6.45, 7) is 2.40. The smallest absolute Gasteiger partial charge is 0.277 e.